The van der Waals surface area contributed by atoms with Crippen LogP contribution >= 0.6 is 11.8 Å². The van der Waals surface area contributed by atoms with E-state index in [1.807, 2.05) is 12.1 Å². The zero-order valence-corrected chi connectivity index (χ0v) is 12.8. The van der Waals surface area contributed by atoms with Gasteiger partial charge in [-0.25, -0.2) is 0 Å². The lowest BCUT2D eigenvalue weighted by Gasteiger charge is -2.06. The van der Waals surface area contributed by atoms with E-state index in [0.29, 0.717) is 18.2 Å². The molecule has 7 heteroatoms. The predicted molar refractivity (Wildman–Crippen MR) is 84.9 cm³/mol. The van der Waals surface area contributed by atoms with Crippen LogP contribution in [-0.2, 0) is 12.3 Å². The molecule has 3 rings (SSSR count). The van der Waals surface area contributed by atoms with Gasteiger partial charge in [-0.15, -0.1) is 16.8 Å². The number of nitrogens with zero attached hydrogens (tertiary/aromatic N) is 4. The number of benzene rings is 1. The number of nitro groups is 1. The maximum Gasteiger partial charge on any atom is 0.269 e. The molecular weight excluding hydrogens is 300 g/mol. The van der Waals surface area contributed by atoms with Crippen LogP contribution in [0.25, 0.3) is 0 Å². The summed E-state index contributed by atoms with van der Waals surface area (Å²) in [4.78, 5) is 10.4. The molecule has 1 fully saturated rings. The first-order valence-corrected chi connectivity index (χ1v) is 8.07. The molecule has 0 saturated heterocycles. The van der Waals surface area contributed by atoms with Crippen molar-refractivity contribution in [3.63, 3.8) is 0 Å². The lowest BCUT2D eigenvalue weighted by molar-refractivity contribution is -0.384. The third kappa shape index (κ3) is 3.19. The Labute approximate surface area is 132 Å². The molecule has 6 nitrogen and oxygen atoms in total. The summed E-state index contributed by atoms with van der Waals surface area (Å²) >= 11 is 1.55. The van der Waals surface area contributed by atoms with Gasteiger partial charge in [0, 0.05) is 30.3 Å². The largest absolute Gasteiger partial charge is 0.302 e. The van der Waals surface area contributed by atoms with Gasteiger partial charge in [0.05, 0.1) is 4.92 Å². The Morgan fingerprint density at radius 2 is 2.27 bits per heavy atom. The normalized spacial score (nSPS) is 14.0. The SMILES string of the molecule is C=CCn1c(SCc2cccc([N+](=O)[O-])c2)nnc1C1CC1. The molecule has 0 atom stereocenters. The van der Waals surface area contributed by atoms with Crippen LogP contribution in [0.15, 0.2) is 42.1 Å². The summed E-state index contributed by atoms with van der Waals surface area (Å²) in [6.07, 6.45) is 4.18. The summed E-state index contributed by atoms with van der Waals surface area (Å²) < 4.78 is 2.09. The molecule has 0 unspecified atom stereocenters. The quantitative estimate of drug-likeness (QED) is 0.338. The Balaban J connectivity index is 1.74. The Morgan fingerprint density at radius 1 is 1.45 bits per heavy atom. The Hall–Kier alpha value is -2.15. The highest BCUT2D eigenvalue weighted by molar-refractivity contribution is 7.98. The molecule has 2 aromatic rings. The van der Waals surface area contributed by atoms with Crippen LogP contribution in [0.2, 0.25) is 0 Å². The second-order valence-corrected chi connectivity index (χ2v) is 6.17. The van der Waals surface area contributed by atoms with Gasteiger partial charge in [-0.05, 0) is 18.4 Å². The number of non-ortho nitro benzene ring substituents is 1. The number of hydrogen-bond acceptors (Lipinski definition) is 5. The molecule has 1 aromatic heterocycles. The first kappa shape index (κ1) is 14.8. The van der Waals surface area contributed by atoms with Crippen LogP contribution in [0.4, 0.5) is 5.69 Å². The van der Waals surface area contributed by atoms with E-state index in [2.05, 4.69) is 21.3 Å². The smallest absolute Gasteiger partial charge is 0.269 e. The van der Waals surface area contributed by atoms with Crippen molar-refractivity contribution in [1.29, 1.82) is 0 Å². The number of hydrogen-bond donors (Lipinski definition) is 0. The highest BCUT2D eigenvalue weighted by atomic mass is 32.2. The minimum absolute atomic E-state index is 0.115. The molecule has 114 valence electrons. The summed E-state index contributed by atoms with van der Waals surface area (Å²) in [5.74, 6) is 2.18. The molecule has 1 aromatic carbocycles. The van der Waals surface area contributed by atoms with Crippen molar-refractivity contribution in [2.45, 2.75) is 36.2 Å². The molecule has 1 aliphatic rings. The highest BCUT2D eigenvalue weighted by Gasteiger charge is 2.30. The van der Waals surface area contributed by atoms with Gasteiger partial charge >= 0.3 is 0 Å². The topological polar surface area (TPSA) is 73.8 Å². The summed E-state index contributed by atoms with van der Waals surface area (Å²) in [5, 5.41) is 20.2. The third-order valence-corrected chi connectivity index (χ3v) is 4.53. The first-order chi connectivity index (χ1) is 10.7. The van der Waals surface area contributed by atoms with Crippen molar-refractivity contribution < 1.29 is 4.92 Å². The van der Waals surface area contributed by atoms with Crippen molar-refractivity contribution in [2.75, 3.05) is 0 Å². The zero-order chi connectivity index (χ0) is 15.5. The van der Waals surface area contributed by atoms with E-state index in [1.54, 1.807) is 23.9 Å². The second kappa shape index (κ2) is 6.31. The summed E-state index contributed by atoms with van der Waals surface area (Å²) in [6, 6.07) is 6.69. The summed E-state index contributed by atoms with van der Waals surface area (Å²) in [6.45, 7) is 4.48. The van der Waals surface area contributed by atoms with E-state index >= 15 is 0 Å². The van der Waals surface area contributed by atoms with Gasteiger partial charge in [0.15, 0.2) is 5.16 Å². The zero-order valence-electron chi connectivity index (χ0n) is 12.0. The van der Waals surface area contributed by atoms with E-state index in [0.717, 1.165) is 16.5 Å². The number of thioether (sulfide) groups is 1. The number of allylic oxidation sites excluding steroid dienone is 1. The minimum atomic E-state index is -0.375. The Kier molecular flexibility index (Phi) is 4.24. The predicted octanol–water partition coefficient (Wildman–Crippen LogP) is 3.54. The number of rotatable bonds is 7. The minimum Gasteiger partial charge on any atom is -0.302 e. The maximum atomic E-state index is 10.8. The van der Waals surface area contributed by atoms with Crippen LogP contribution in [0.1, 0.15) is 30.1 Å². The first-order valence-electron chi connectivity index (χ1n) is 7.09. The molecule has 0 spiro atoms. The van der Waals surface area contributed by atoms with Crippen molar-refractivity contribution in [1.82, 2.24) is 14.8 Å². The standard InChI is InChI=1S/C15H16N4O2S/c1-2-8-18-14(12-6-7-12)16-17-15(18)22-10-11-4-3-5-13(9-11)19(20)21/h2-5,9,12H,1,6-8,10H2. The van der Waals surface area contributed by atoms with E-state index < -0.39 is 0 Å². The molecule has 0 bridgehead atoms. The van der Waals surface area contributed by atoms with E-state index in [-0.39, 0.29) is 10.6 Å². The second-order valence-electron chi connectivity index (χ2n) is 5.23. The summed E-state index contributed by atoms with van der Waals surface area (Å²) in [5.41, 5.74) is 1.02. The fourth-order valence-corrected chi connectivity index (χ4v) is 3.16. The molecule has 1 aliphatic carbocycles. The van der Waals surface area contributed by atoms with E-state index in [9.17, 15) is 10.1 Å². The molecule has 0 amide bonds. The van der Waals surface area contributed by atoms with Gasteiger partial charge in [-0.1, -0.05) is 30.0 Å². The van der Waals surface area contributed by atoms with Crippen molar-refractivity contribution in [3.8, 4) is 0 Å². The average Bonchev–Trinajstić information content (AvgIpc) is 3.28. The lowest BCUT2D eigenvalue weighted by Crippen LogP contribution is -2.02. The highest BCUT2D eigenvalue weighted by Crippen LogP contribution is 2.40. The van der Waals surface area contributed by atoms with Gasteiger partial charge in [0.2, 0.25) is 0 Å². The monoisotopic (exact) mass is 316 g/mol. The van der Waals surface area contributed by atoms with Crippen LogP contribution < -0.4 is 0 Å². The van der Waals surface area contributed by atoms with Crippen molar-refractivity contribution in [3.05, 3.63) is 58.4 Å². The molecule has 0 N–H and O–H groups in total. The molecule has 1 saturated carbocycles. The van der Waals surface area contributed by atoms with Crippen LogP contribution in [-0.4, -0.2) is 19.7 Å². The summed E-state index contributed by atoms with van der Waals surface area (Å²) in [7, 11) is 0. The fraction of sp³-hybridized carbons (Fsp3) is 0.333. The van der Waals surface area contributed by atoms with Crippen molar-refractivity contribution >= 4 is 17.4 Å². The molecule has 0 radical (unpaired) electrons. The number of nitro benzene ring substituents is 1. The van der Waals surface area contributed by atoms with Gasteiger partial charge in [-0.3, -0.25) is 10.1 Å². The number of aromatic nitrogens is 3. The van der Waals surface area contributed by atoms with Gasteiger partial charge in [0.25, 0.3) is 5.69 Å². The molecule has 0 aliphatic heterocycles. The third-order valence-electron chi connectivity index (χ3n) is 3.49. The maximum absolute atomic E-state index is 10.8. The molecular formula is C15H16N4O2S. The average molecular weight is 316 g/mol. The van der Waals surface area contributed by atoms with Gasteiger partial charge in [-0.2, -0.15) is 0 Å². The molecule has 1 heterocycles. The van der Waals surface area contributed by atoms with Gasteiger partial charge in [0.1, 0.15) is 5.82 Å². The van der Waals surface area contributed by atoms with Crippen LogP contribution in [0.3, 0.4) is 0 Å². The van der Waals surface area contributed by atoms with E-state index in [4.69, 9.17) is 0 Å². The van der Waals surface area contributed by atoms with Crippen LogP contribution in [0, 0.1) is 10.1 Å². The Morgan fingerprint density at radius 3 is 2.95 bits per heavy atom. The van der Waals surface area contributed by atoms with Crippen LogP contribution in [0.5, 0.6) is 0 Å². The lowest BCUT2D eigenvalue weighted by atomic mass is 10.2. The van der Waals surface area contributed by atoms with Crippen molar-refractivity contribution in [2.24, 2.45) is 0 Å². The molecule has 22 heavy (non-hydrogen) atoms. The fourth-order valence-electron chi connectivity index (χ4n) is 2.26. The van der Waals surface area contributed by atoms with Gasteiger partial charge < -0.3 is 4.57 Å². The van der Waals surface area contributed by atoms with E-state index in [1.165, 1.54) is 18.9 Å². The Bertz CT molecular complexity index is 709.